The van der Waals surface area contributed by atoms with Crippen molar-refractivity contribution in [3.63, 3.8) is 0 Å². The highest BCUT2D eigenvalue weighted by molar-refractivity contribution is 5.76. The van der Waals surface area contributed by atoms with E-state index in [9.17, 15) is 9.59 Å². The molecule has 0 spiro atoms. The lowest BCUT2D eigenvalue weighted by Gasteiger charge is -2.21. The van der Waals surface area contributed by atoms with Crippen LogP contribution in [0, 0.1) is 17.8 Å². The summed E-state index contributed by atoms with van der Waals surface area (Å²) < 4.78 is 14.2. The monoisotopic (exact) mass is 310 g/mol. The summed E-state index contributed by atoms with van der Waals surface area (Å²) in [5.41, 5.74) is 0.940. The molecule has 22 heavy (non-hydrogen) atoms. The molecule has 3 unspecified atom stereocenters. The van der Waals surface area contributed by atoms with Gasteiger partial charge in [0.25, 0.3) is 0 Å². The van der Waals surface area contributed by atoms with Gasteiger partial charge >= 0.3 is 12.1 Å². The fourth-order valence-corrected chi connectivity index (χ4v) is 2.39. The fourth-order valence-electron chi connectivity index (χ4n) is 2.39. The van der Waals surface area contributed by atoms with Crippen molar-refractivity contribution < 1.29 is 23.8 Å². The molecule has 0 amide bonds. The molecule has 1 aliphatic rings. The first-order valence-electron chi connectivity index (χ1n) is 7.66. The number of carbonyl (C=O) groups excluding carboxylic acids is 2. The van der Waals surface area contributed by atoms with Gasteiger partial charge < -0.3 is 14.2 Å². The highest BCUT2D eigenvalue weighted by Gasteiger charge is 2.23. The van der Waals surface area contributed by atoms with Crippen molar-refractivity contribution in [2.75, 3.05) is 7.11 Å². The van der Waals surface area contributed by atoms with E-state index >= 15 is 0 Å². The topological polar surface area (TPSA) is 61.8 Å². The zero-order valence-corrected chi connectivity index (χ0v) is 14.0. The van der Waals surface area contributed by atoms with E-state index in [-0.39, 0.29) is 5.92 Å². The second kappa shape index (κ2) is 8.61. The summed E-state index contributed by atoms with van der Waals surface area (Å²) in [6.07, 6.45) is 6.48. The molecule has 0 aliphatic heterocycles. The third-order valence-corrected chi connectivity index (χ3v) is 3.56. The first-order chi connectivity index (χ1) is 10.3. The van der Waals surface area contributed by atoms with Crippen LogP contribution in [0.4, 0.5) is 4.79 Å². The Morgan fingerprint density at radius 2 is 1.91 bits per heavy atom. The number of hydrogen-bond donors (Lipinski definition) is 0. The van der Waals surface area contributed by atoms with E-state index < -0.39 is 18.4 Å². The second-order valence-electron chi connectivity index (χ2n) is 5.99. The standard InChI is InChI=1S/C17H26O5/c1-11(2)10-14-6-8-15(9-7-14)12(3)16(18)21-13(4)22-17(19)20-5/h6,8-9,11-14H,7,10H2,1-5H3. The maximum absolute atomic E-state index is 12.1. The summed E-state index contributed by atoms with van der Waals surface area (Å²) in [4.78, 5) is 23.0. The van der Waals surface area contributed by atoms with Crippen molar-refractivity contribution >= 4 is 12.1 Å². The average molecular weight is 310 g/mol. The Bertz CT molecular complexity index is 450. The van der Waals surface area contributed by atoms with Crippen LogP contribution in [0.3, 0.4) is 0 Å². The van der Waals surface area contributed by atoms with Crippen LogP contribution in [-0.4, -0.2) is 25.5 Å². The minimum atomic E-state index is -0.968. The molecule has 1 aliphatic carbocycles. The van der Waals surface area contributed by atoms with Crippen LogP contribution >= 0.6 is 0 Å². The number of rotatable bonds is 6. The van der Waals surface area contributed by atoms with Crippen LogP contribution in [-0.2, 0) is 19.0 Å². The molecule has 0 heterocycles. The molecule has 0 N–H and O–H groups in total. The molecule has 3 atom stereocenters. The number of ether oxygens (including phenoxy) is 3. The highest BCUT2D eigenvalue weighted by Crippen LogP contribution is 2.27. The lowest BCUT2D eigenvalue weighted by atomic mass is 9.86. The molecule has 124 valence electrons. The van der Waals surface area contributed by atoms with Gasteiger partial charge in [0.2, 0.25) is 6.29 Å². The van der Waals surface area contributed by atoms with Crippen LogP contribution in [0.25, 0.3) is 0 Å². The zero-order valence-electron chi connectivity index (χ0n) is 14.0. The summed E-state index contributed by atoms with van der Waals surface area (Å²) in [5, 5.41) is 0. The molecular formula is C17H26O5. The molecule has 0 saturated heterocycles. The Morgan fingerprint density at radius 3 is 2.41 bits per heavy atom. The summed E-state index contributed by atoms with van der Waals surface area (Å²) in [6.45, 7) is 7.67. The Kier molecular flexibility index (Phi) is 7.15. The number of carbonyl (C=O) groups is 2. The Morgan fingerprint density at radius 1 is 1.23 bits per heavy atom. The van der Waals surface area contributed by atoms with Crippen LogP contribution in [0.5, 0.6) is 0 Å². The van der Waals surface area contributed by atoms with Crippen molar-refractivity contribution in [1.82, 2.24) is 0 Å². The minimum absolute atomic E-state index is 0.389. The summed E-state index contributed by atoms with van der Waals surface area (Å²) >= 11 is 0. The lowest BCUT2D eigenvalue weighted by molar-refractivity contribution is -0.170. The van der Waals surface area contributed by atoms with E-state index in [2.05, 4.69) is 30.7 Å². The minimum Gasteiger partial charge on any atom is -0.438 e. The maximum atomic E-state index is 12.1. The van der Waals surface area contributed by atoms with E-state index in [1.54, 1.807) is 6.92 Å². The van der Waals surface area contributed by atoms with Gasteiger partial charge in [-0.1, -0.05) is 32.1 Å². The van der Waals surface area contributed by atoms with Gasteiger partial charge in [-0.3, -0.25) is 4.79 Å². The molecule has 0 bridgehead atoms. The van der Waals surface area contributed by atoms with Gasteiger partial charge in [-0.05, 0) is 37.2 Å². The number of hydrogen-bond acceptors (Lipinski definition) is 5. The largest absolute Gasteiger partial charge is 0.511 e. The molecule has 0 aromatic carbocycles. The second-order valence-corrected chi connectivity index (χ2v) is 5.99. The Labute approximate surface area is 132 Å². The molecule has 0 aromatic rings. The average Bonchev–Trinajstić information content (AvgIpc) is 2.46. The molecule has 1 rings (SSSR count). The van der Waals surface area contributed by atoms with Crippen LogP contribution < -0.4 is 0 Å². The van der Waals surface area contributed by atoms with Crippen LogP contribution in [0.2, 0.25) is 0 Å². The molecule has 5 nitrogen and oxygen atoms in total. The van der Waals surface area contributed by atoms with Gasteiger partial charge in [-0.2, -0.15) is 0 Å². The molecule has 0 saturated carbocycles. The fraction of sp³-hybridized carbons (Fsp3) is 0.647. The molecule has 5 heteroatoms. The first-order valence-corrected chi connectivity index (χ1v) is 7.66. The van der Waals surface area contributed by atoms with E-state index in [4.69, 9.17) is 9.47 Å². The molecular weight excluding hydrogens is 284 g/mol. The van der Waals surface area contributed by atoms with E-state index in [0.29, 0.717) is 11.8 Å². The van der Waals surface area contributed by atoms with E-state index in [1.807, 2.05) is 6.08 Å². The Balaban J connectivity index is 2.49. The number of esters is 1. The van der Waals surface area contributed by atoms with Crippen LogP contribution in [0.1, 0.15) is 40.5 Å². The summed E-state index contributed by atoms with van der Waals surface area (Å²) in [6, 6.07) is 0. The predicted octanol–water partition coefficient (Wildman–Crippen LogP) is 3.84. The third kappa shape index (κ3) is 5.92. The van der Waals surface area contributed by atoms with Crippen molar-refractivity contribution in [1.29, 1.82) is 0 Å². The molecule has 0 aromatic heterocycles. The van der Waals surface area contributed by atoms with Gasteiger partial charge in [-0.15, -0.1) is 0 Å². The quantitative estimate of drug-likeness (QED) is 0.551. The normalized spacial score (nSPS) is 20.1. The molecule has 0 radical (unpaired) electrons. The number of methoxy groups -OCH3 is 1. The summed E-state index contributed by atoms with van der Waals surface area (Å²) in [5.74, 6) is 0.381. The van der Waals surface area contributed by atoms with Gasteiger partial charge in [0.1, 0.15) is 0 Å². The van der Waals surface area contributed by atoms with Gasteiger partial charge in [0.15, 0.2) is 0 Å². The van der Waals surface area contributed by atoms with E-state index in [1.165, 1.54) is 14.0 Å². The van der Waals surface area contributed by atoms with Crippen molar-refractivity contribution in [3.8, 4) is 0 Å². The lowest BCUT2D eigenvalue weighted by Crippen LogP contribution is -2.26. The van der Waals surface area contributed by atoms with Crippen molar-refractivity contribution in [2.24, 2.45) is 17.8 Å². The number of allylic oxidation sites excluding steroid dienone is 3. The summed E-state index contributed by atoms with van der Waals surface area (Å²) in [7, 11) is 1.20. The van der Waals surface area contributed by atoms with Gasteiger partial charge in [-0.25, -0.2) is 4.79 Å². The predicted molar refractivity (Wildman–Crippen MR) is 83.0 cm³/mol. The third-order valence-electron chi connectivity index (χ3n) is 3.56. The van der Waals surface area contributed by atoms with E-state index in [0.717, 1.165) is 18.4 Å². The van der Waals surface area contributed by atoms with Crippen molar-refractivity contribution in [3.05, 3.63) is 23.8 Å². The zero-order chi connectivity index (χ0) is 16.7. The molecule has 0 fully saturated rings. The van der Waals surface area contributed by atoms with Crippen LogP contribution in [0.15, 0.2) is 23.8 Å². The maximum Gasteiger partial charge on any atom is 0.511 e. The SMILES string of the molecule is COC(=O)OC(C)OC(=O)C(C)C1=CCC(CC(C)C)C=C1. The highest BCUT2D eigenvalue weighted by atomic mass is 16.8. The smallest absolute Gasteiger partial charge is 0.438 e. The first kappa shape index (κ1) is 18.3. The van der Waals surface area contributed by atoms with Gasteiger partial charge in [0.05, 0.1) is 13.0 Å². The van der Waals surface area contributed by atoms with Gasteiger partial charge in [0, 0.05) is 6.92 Å². The van der Waals surface area contributed by atoms with Crippen molar-refractivity contribution in [2.45, 2.75) is 46.8 Å². The Hall–Kier alpha value is -1.78.